The highest BCUT2D eigenvalue weighted by molar-refractivity contribution is 5.83. The van der Waals surface area contributed by atoms with Crippen molar-refractivity contribution in [2.24, 2.45) is 5.92 Å². The van der Waals surface area contributed by atoms with Crippen molar-refractivity contribution in [2.45, 2.75) is 44.8 Å². The van der Waals surface area contributed by atoms with Crippen molar-refractivity contribution in [3.8, 4) is 0 Å². The van der Waals surface area contributed by atoms with Crippen molar-refractivity contribution in [1.82, 2.24) is 10.2 Å². The monoisotopic (exact) mass is 270 g/mol. The first-order valence-electron chi connectivity index (χ1n) is 7.02. The van der Waals surface area contributed by atoms with Gasteiger partial charge >= 0.3 is 12.0 Å². The molecule has 0 spiro atoms. The number of amides is 2. The van der Waals surface area contributed by atoms with Gasteiger partial charge in [-0.15, -0.1) is 0 Å². The highest BCUT2D eigenvalue weighted by Crippen LogP contribution is 2.23. The van der Waals surface area contributed by atoms with Gasteiger partial charge < -0.3 is 20.1 Å². The molecular formula is C13H22N2O4. The predicted octanol–water partition coefficient (Wildman–Crippen LogP) is 1.06. The summed E-state index contributed by atoms with van der Waals surface area (Å²) in [6, 6.07) is -0.923. The minimum atomic E-state index is -0.914. The van der Waals surface area contributed by atoms with E-state index < -0.39 is 12.0 Å². The first kappa shape index (κ1) is 14.1. The standard InChI is InChI=1S/C13H22N2O4/c1-2-11-9(5-7-19-11)8-14-13(18)15-6-3-4-10(15)12(16)17/h9-11H,2-8H2,1H3,(H,14,18)(H,16,17). The lowest BCUT2D eigenvalue weighted by molar-refractivity contribution is -0.141. The molecule has 3 atom stereocenters. The third kappa shape index (κ3) is 3.18. The summed E-state index contributed by atoms with van der Waals surface area (Å²) >= 11 is 0. The zero-order chi connectivity index (χ0) is 13.8. The van der Waals surface area contributed by atoms with Crippen LogP contribution in [0.25, 0.3) is 0 Å². The van der Waals surface area contributed by atoms with E-state index in [0.29, 0.717) is 25.4 Å². The average Bonchev–Trinajstić information content (AvgIpc) is 3.04. The predicted molar refractivity (Wildman–Crippen MR) is 68.9 cm³/mol. The van der Waals surface area contributed by atoms with Crippen LogP contribution in [0.3, 0.4) is 0 Å². The molecule has 0 aromatic heterocycles. The Morgan fingerprint density at radius 3 is 2.89 bits per heavy atom. The van der Waals surface area contributed by atoms with E-state index in [0.717, 1.165) is 25.9 Å². The Hall–Kier alpha value is -1.30. The molecule has 108 valence electrons. The van der Waals surface area contributed by atoms with Crippen molar-refractivity contribution < 1.29 is 19.4 Å². The number of urea groups is 1. The maximum absolute atomic E-state index is 12.0. The number of carboxylic acid groups (broad SMARTS) is 1. The second kappa shape index (κ2) is 6.23. The SMILES string of the molecule is CCC1OCCC1CNC(=O)N1CCCC1C(=O)O. The van der Waals surface area contributed by atoms with Crippen LogP contribution in [0.1, 0.15) is 32.6 Å². The molecular weight excluding hydrogens is 248 g/mol. The number of nitrogens with one attached hydrogen (secondary N) is 1. The summed E-state index contributed by atoms with van der Waals surface area (Å²) < 4.78 is 5.57. The van der Waals surface area contributed by atoms with E-state index in [9.17, 15) is 9.59 Å². The molecule has 2 heterocycles. The molecule has 2 fully saturated rings. The van der Waals surface area contributed by atoms with Gasteiger partial charge in [0.25, 0.3) is 0 Å². The van der Waals surface area contributed by atoms with E-state index in [2.05, 4.69) is 12.2 Å². The molecule has 0 aromatic carbocycles. The van der Waals surface area contributed by atoms with Crippen molar-refractivity contribution in [3.63, 3.8) is 0 Å². The molecule has 3 unspecified atom stereocenters. The van der Waals surface area contributed by atoms with Crippen molar-refractivity contribution in [2.75, 3.05) is 19.7 Å². The third-order valence-electron chi connectivity index (χ3n) is 4.06. The van der Waals surface area contributed by atoms with Crippen LogP contribution in [-0.4, -0.2) is 53.8 Å². The Bertz CT molecular complexity index is 348. The molecule has 0 bridgehead atoms. The quantitative estimate of drug-likeness (QED) is 0.800. The van der Waals surface area contributed by atoms with E-state index in [1.807, 2.05) is 0 Å². The highest BCUT2D eigenvalue weighted by Gasteiger charge is 2.34. The Labute approximate surface area is 113 Å². The number of rotatable bonds is 4. The molecule has 2 N–H and O–H groups in total. The summed E-state index contributed by atoms with van der Waals surface area (Å²) in [5, 5.41) is 11.9. The van der Waals surface area contributed by atoms with Crippen LogP contribution in [-0.2, 0) is 9.53 Å². The topological polar surface area (TPSA) is 78.9 Å². The number of likely N-dealkylation sites (tertiary alicyclic amines) is 1. The summed E-state index contributed by atoms with van der Waals surface area (Å²) in [6.45, 7) is 3.92. The Kier molecular flexibility index (Phi) is 4.63. The number of hydrogen-bond donors (Lipinski definition) is 2. The Morgan fingerprint density at radius 2 is 2.21 bits per heavy atom. The van der Waals surface area contributed by atoms with Gasteiger partial charge in [-0.25, -0.2) is 9.59 Å². The number of carbonyl (C=O) groups is 2. The lowest BCUT2D eigenvalue weighted by Gasteiger charge is -2.24. The van der Waals surface area contributed by atoms with Crippen LogP contribution in [0.4, 0.5) is 4.79 Å². The van der Waals surface area contributed by atoms with Crippen LogP contribution in [0, 0.1) is 5.92 Å². The minimum Gasteiger partial charge on any atom is -0.480 e. The summed E-state index contributed by atoms with van der Waals surface area (Å²) in [6.07, 6.45) is 3.43. The zero-order valence-corrected chi connectivity index (χ0v) is 11.3. The maximum Gasteiger partial charge on any atom is 0.326 e. The van der Waals surface area contributed by atoms with Gasteiger partial charge in [-0.05, 0) is 25.7 Å². The molecule has 0 radical (unpaired) electrons. The van der Waals surface area contributed by atoms with Gasteiger partial charge in [-0.3, -0.25) is 0 Å². The Morgan fingerprint density at radius 1 is 1.42 bits per heavy atom. The van der Waals surface area contributed by atoms with Gasteiger partial charge in [0.05, 0.1) is 6.10 Å². The van der Waals surface area contributed by atoms with E-state index in [1.54, 1.807) is 0 Å². The largest absolute Gasteiger partial charge is 0.480 e. The molecule has 2 rings (SSSR count). The summed E-state index contributed by atoms with van der Waals surface area (Å²) in [4.78, 5) is 24.5. The van der Waals surface area contributed by atoms with Gasteiger partial charge in [0.2, 0.25) is 0 Å². The van der Waals surface area contributed by atoms with Crippen LogP contribution >= 0.6 is 0 Å². The van der Waals surface area contributed by atoms with E-state index >= 15 is 0 Å². The number of carbonyl (C=O) groups excluding carboxylic acids is 1. The van der Waals surface area contributed by atoms with Crippen molar-refractivity contribution in [3.05, 3.63) is 0 Å². The van der Waals surface area contributed by atoms with Crippen molar-refractivity contribution >= 4 is 12.0 Å². The molecule has 19 heavy (non-hydrogen) atoms. The second-order valence-electron chi connectivity index (χ2n) is 5.24. The van der Waals surface area contributed by atoms with Gasteiger partial charge in [0.1, 0.15) is 6.04 Å². The van der Waals surface area contributed by atoms with Gasteiger partial charge in [0.15, 0.2) is 0 Å². The van der Waals surface area contributed by atoms with Crippen LogP contribution in [0.5, 0.6) is 0 Å². The van der Waals surface area contributed by atoms with Crippen molar-refractivity contribution in [1.29, 1.82) is 0 Å². The van der Waals surface area contributed by atoms with Gasteiger partial charge in [0, 0.05) is 25.6 Å². The first-order valence-corrected chi connectivity index (χ1v) is 7.02. The van der Waals surface area contributed by atoms with E-state index in [-0.39, 0.29) is 12.1 Å². The number of nitrogens with zero attached hydrogens (tertiary/aromatic N) is 1. The van der Waals surface area contributed by atoms with E-state index in [1.165, 1.54) is 4.90 Å². The number of aliphatic carboxylic acids is 1. The molecule has 6 nitrogen and oxygen atoms in total. The fraction of sp³-hybridized carbons (Fsp3) is 0.846. The molecule has 2 amide bonds. The lowest BCUT2D eigenvalue weighted by atomic mass is 10.00. The average molecular weight is 270 g/mol. The number of ether oxygens (including phenoxy) is 1. The molecule has 0 aliphatic carbocycles. The zero-order valence-electron chi connectivity index (χ0n) is 11.3. The van der Waals surface area contributed by atoms with Gasteiger partial charge in [-0.2, -0.15) is 0 Å². The summed E-state index contributed by atoms with van der Waals surface area (Å²) in [5.41, 5.74) is 0. The second-order valence-corrected chi connectivity index (χ2v) is 5.24. The highest BCUT2D eigenvalue weighted by atomic mass is 16.5. The molecule has 0 saturated carbocycles. The number of carboxylic acids is 1. The molecule has 6 heteroatoms. The normalized spacial score (nSPS) is 30.6. The lowest BCUT2D eigenvalue weighted by Crippen LogP contribution is -2.47. The fourth-order valence-electron chi connectivity index (χ4n) is 2.96. The van der Waals surface area contributed by atoms with E-state index in [4.69, 9.17) is 9.84 Å². The summed E-state index contributed by atoms with van der Waals surface area (Å²) in [5.74, 6) is -0.567. The van der Waals surface area contributed by atoms with Crippen LogP contribution < -0.4 is 5.32 Å². The first-order chi connectivity index (χ1) is 9.13. The molecule has 0 aromatic rings. The maximum atomic E-state index is 12.0. The van der Waals surface area contributed by atoms with Crippen LogP contribution in [0.2, 0.25) is 0 Å². The fourth-order valence-corrected chi connectivity index (χ4v) is 2.96. The van der Waals surface area contributed by atoms with Crippen LogP contribution in [0.15, 0.2) is 0 Å². The Balaban J connectivity index is 1.82. The molecule has 2 aliphatic heterocycles. The smallest absolute Gasteiger partial charge is 0.326 e. The number of hydrogen-bond acceptors (Lipinski definition) is 3. The van der Waals surface area contributed by atoms with Gasteiger partial charge in [-0.1, -0.05) is 6.92 Å². The molecule has 2 aliphatic rings. The third-order valence-corrected chi connectivity index (χ3v) is 4.06. The minimum absolute atomic E-state index is 0.217. The molecule has 2 saturated heterocycles. The summed E-state index contributed by atoms with van der Waals surface area (Å²) in [7, 11) is 0.